The molecule has 0 radical (unpaired) electrons. The van der Waals surface area contributed by atoms with Gasteiger partial charge in [0.15, 0.2) is 0 Å². The zero-order chi connectivity index (χ0) is 12.6. The molecule has 3 heteroatoms. The molecule has 3 rings (SSSR count). The summed E-state index contributed by atoms with van der Waals surface area (Å²) in [4.78, 5) is 0. The van der Waals surface area contributed by atoms with Gasteiger partial charge >= 0.3 is 0 Å². The van der Waals surface area contributed by atoms with Gasteiger partial charge in [0.1, 0.15) is 0 Å². The fourth-order valence-electron chi connectivity index (χ4n) is 3.56. The Kier molecular flexibility index (Phi) is 3.35. The summed E-state index contributed by atoms with van der Waals surface area (Å²) in [6, 6.07) is 8.25. The van der Waals surface area contributed by atoms with Crippen LogP contribution in [0.15, 0.2) is 24.3 Å². The van der Waals surface area contributed by atoms with E-state index >= 15 is 0 Å². The van der Waals surface area contributed by atoms with Gasteiger partial charge in [-0.3, -0.25) is 0 Å². The van der Waals surface area contributed by atoms with Crippen LogP contribution in [0.5, 0.6) is 0 Å². The number of hydrogen-bond donors (Lipinski definition) is 1. The number of rotatable bonds is 3. The van der Waals surface area contributed by atoms with E-state index in [1.165, 1.54) is 25.7 Å². The molecule has 2 atom stereocenters. The number of hydrogen-bond acceptors (Lipinski definition) is 2. The highest BCUT2D eigenvalue weighted by Crippen LogP contribution is 2.53. The van der Waals surface area contributed by atoms with Crippen LogP contribution in [0.2, 0.25) is 5.02 Å². The molecule has 1 spiro atoms. The lowest BCUT2D eigenvalue weighted by Crippen LogP contribution is -2.60. The van der Waals surface area contributed by atoms with Crippen LogP contribution in [0.3, 0.4) is 0 Å². The smallest absolute Gasteiger partial charge is 0.0721 e. The number of benzene rings is 1. The van der Waals surface area contributed by atoms with E-state index in [4.69, 9.17) is 22.1 Å². The van der Waals surface area contributed by atoms with E-state index in [2.05, 4.69) is 6.07 Å². The standard InChI is InChI=1S/C15H20ClNO/c16-12-5-3-4-11(8-12)10-18-14-9-13(17)15(14)6-1-2-7-15/h3-5,8,13-14H,1-2,6-7,9-10,17H2. The van der Waals surface area contributed by atoms with Gasteiger partial charge in [-0.1, -0.05) is 36.6 Å². The third-order valence-electron chi connectivity index (χ3n) is 4.72. The molecule has 0 saturated heterocycles. The van der Waals surface area contributed by atoms with Crippen molar-refractivity contribution in [1.29, 1.82) is 0 Å². The molecule has 0 bridgehead atoms. The summed E-state index contributed by atoms with van der Waals surface area (Å²) in [6.07, 6.45) is 6.48. The van der Waals surface area contributed by atoms with Gasteiger partial charge in [-0.15, -0.1) is 0 Å². The molecule has 18 heavy (non-hydrogen) atoms. The van der Waals surface area contributed by atoms with E-state index < -0.39 is 0 Å². The Bertz CT molecular complexity index is 428. The van der Waals surface area contributed by atoms with Gasteiger partial charge in [0, 0.05) is 16.5 Å². The highest BCUT2D eigenvalue weighted by atomic mass is 35.5. The Balaban J connectivity index is 1.61. The van der Waals surface area contributed by atoms with Crippen LogP contribution in [0.1, 0.15) is 37.7 Å². The molecule has 2 unspecified atom stereocenters. The third-order valence-corrected chi connectivity index (χ3v) is 4.96. The van der Waals surface area contributed by atoms with Crippen molar-refractivity contribution in [3.8, 4) is 0 Å². The SMILES string of the molecule is NC1CC(OCc2cccc(Cl)c2)C12CCCC2. The Labute approximate surface area is 113 Å². The first-order chi connectivity index (χ1) is 8.71. The molecular weight excluding hydrogens is 246 g/mol. The van der Waals surface area contributed by atoms with Crippen LogP contribution >= 0.6 is 11.6 Å². The minimum absolute atomic E-state index is 0.290. The molecule has 2 saturated carbocycles. The Morgan fingerprint density at radius 3 is 2.78 bits per heavy atom. The molecule has 0 amide bonds. The molecule has 98 valence electrons. The van der Waals surface area contributed by atoms with Gasteiger partial charge in [-0.05, 0) is 37.0 Å². The lowest BCUT2D eigenvalue weighted by molar-refractivity contribution is -0.130. The molecule has 2 aliphatic carbocycles. The van der Waals surface area contributed by atoms with E-state index in [1.54, 1.807) is 0 Å². The Morgan fingerprint density at radius 1 is 1.33 bits per heavy atom. The minimum atomic E-state index is 0.290. The molecule has 2 nitrogen and oxygen atoms in total. The molecular formula is C15H20ClNO. The van der Waals surface area contributed by atoms with E-state index in [9.17, 15) is 0 Å². The second-order valence-electron chi connectivity index (χ2n) is 5.71. The summed E-state index contributed by atoms with van der Waals surface area (Å²) in [6.45, 7) is 0.652. The van der Waals surface area contributed by atoms with Gasteiger partial charge in [-0.2, -0.15) is 0 Å². The van der Waals surface area contributed by atoms with E-state index in [0.29, 0.717) is 24.2 Å². The number of ether oxygens (including phenoxy) is 1. The van der Waals surface area contributed by atoms with Gasteiger partial charge in [0.25, 0.3) is 0 Å². The Hall–Kier alpha value is -0.570. The first-order valence-electron chi connectivity index (χ1n) is 6.82. The van der Waals surface area contributed by atoms with Crippen molar-refractivity contribution in [2.75, 3.05) is 0 Å². The molecule has 0 aromatic heterocycles. The van der Waals surface area contributed by atoms with Gasteiger partial charge in [0.05, 0.1) is 12.7 Å². The Morgan fingerprint density at radius 2 is 2.11 bits per heavy atom. The highest BCUT2D eigenvalue weighted by molar-refractivity contribution is 6.30. The average Bonchev–Trinajstić information content (AvgIpc) is 2.86. The van der Waals surface area contributed by atoms with Crippen LogP contribution in [-0.2, 0) is 11.3 Å². The molecule has 1 aromatic rings. The van der Waals surface area contributed by atoms with Crippen molar-refractivity contribution in [2.24, 2.45) is 11.1 Å². The minimum Gasteiger partial charge on any atom is -0.373 e. The molecule has 2 aliphatic rings. The normalized spacial score (nSPS) is 29.4. The highest BCUT2D eigenvalue weighted by Gasteiger charge is 2.55. The number of nitrogens with two attached hydrogens (primary N) is 1. The number of halogens is 1. The van der Waals surface area contributed by atoms with Crippen molar-refractivity contribution in [3.63, 3.8) is 0 Å². The lowest BCUT2D eigenvalue weighted by Gasteiger charge is -2.52. The molecule has 0 heterocycles. The fraction of sp³-hybridized carbons (Fsp3) is 0.600. The molecule has 2 fully saturated rings. The quantitative estimate of drug-likeness (QED) is 0.908. The van der Waals surface area contributed by atoms with Gasteiger partial charge < -0.3 is 10.5 Å². The van der Waals surface area contributed by atoms with Crippen molar-refractivity contribution in [3.05, 3.63) is 34.9 Å². The summed E-state index contributed by atoms with van der Waals surface area (Å²) in [7, 11) is 0. The van der Waals surface area contributed by atoms with Crippen molar-refractivity contribution in [2.45, 2.75) is 50.9 Å². The zero-order valence-corrected chi connectivity index (χ0v) is 11.3. The van der Waals surface area contributed by atoms with Crippen molar-refractivity contribution < 1.29 is 4.74 Å². The predicted molar refractivity (Wildman–Crippen MR) is 73.5 cm³/mol. The van der Waals surface area contributed by atoms with Crippen LogP contribution in [0, 0.1) is 5.41 Å². The maximum absolute atomic E-state index is 6.20. The van der Waals surface area contributed by atoms with E-state index in [0.717, 1.165) is 17.0 Å². The maximum Gasteiger partial charge on any atom is 0.0721 e. The largest absolute Gasteiger partial charge is 0.373 e. The predicted octanol–water partition coefficient (Wildman–Crippen LogP) is 3.52. The van der Waals surface area contributed by atoms with E-state index in [1.807, 2.05) is 18.2 Å². The first-order valence-corrected chi connectivity index (χ1v) is 7.20. The second-order valence-corrected chi connectivity index (χ2v) is 6.15. The van der Waals surface area contributed by atoms with E-state index in [-0.39, 0.29) is 0 Å². The topological polar surface area (TPSA) is 35.2 Å². The van der Waals surface area contributed by atoms with Gasteiger partial charge in [-0.25, -0.2) is 0 Å². The summed E-state index contributed by atoms with van der Waals surface area (Å²) in [5.41, 5.74) is 7.64. The summed E-state index contributed by atoms with van der Waals surface area (Å²) in [5, 5.41) is 0.775. The van der Waals surface area contributed by atoms with Crippen LogP contribution < -0.4 is 5.73 Å². The molecule has 1 aromatic carbocycles. The molecule has 0 aliphatic heterocycles. The average molecular weight is 266 g/mol. The van der Waals surface area contributed by atoms with Crippen LogP contribution in [0.4, 0.5) is 0 Å². The summed E-state index contributed by atoms with van der Waals surface area (Å²) in [5.74, 6) is 0. The van der Waals surface area contributed by atoms with Crippen molar-refractivity contribution >= 4 is 11.6 Å². The van der Waals surface area contributed by atoms with Crippen LogP contribution in [-0.4, -0.2) is 12.1 Å². The first kappa shape index (κ1) is 12.5. The third kappa shape index (κ3) is 2.07. The fourth-order valence-corrected chi connectivity index (χ4v) is 3.77. The van der Waals surface area contributed by atoms with Crippen LogP contribution in [0.25, 0.3) is 0 Å². The van der Waals surface area contributed by atoms with Crippen molar-refractivity contribution in [1.82, 2.24) is 0 Å². The monoisotopic (exact) mass is 265 g/mol. The zero-order valence-electron chi connectivity index (χ0n) is 10.6. The molecule has 2 N–H and O–H groups in total. The maximum atomic E-state index is 6.20. The van der Waals surface area contributed by atoms with Gasteiger partial charge in [0.2, 0.25) is 0 Å². The summed E-state index contributed by atoms with van der Waals surface area (Å²) < 4.78 is 6.09. The second kappa shape index (κ2) is 4.84. The lowest BCUT2D eigenvalue weighted by atomic mass is 9.61. The summed E-state index contributed by atoms with van der Waals surface area (Å²) >= 11 is 5.98.